The summed E-state index contributed by atoms with van der Waals surface area (Å²) in [6.45, 7) is 6.64. The van der Waals surface area contributed by atoms with E-state index >= 15 is 0 Å². The van der Waals surface area contributed by atoms with Crippen LogP contribution in [0.15, 0.2) is 6.07 Å². The lowest BCUT2D eigenvalue weighted by Gasteiger charge is -2.36. The first-order valence-electron chi connectivity index (χ1n) is 7.66. The summed E-state index contributed by atoms with van der Waals surface area (Å²) in [7, 11) is 0. The van der Waals surface area contributed by atoms with Crippen LogP contribution < -0.4 is 10.6 Å². The molecule has 2 atom stereocenters. The molecule has 4 nitrogen and oxygen atoms in total. The Hall–Kier alpha value is -1.58. The van der Waals surface area contributed by atoms with Gasteiger partial charge < -0.3 is 10.6 Å². The molecule has 2 heterocycles. The van der Waals surface area contributed by atoms with Crippen molar-refractivity contribution >= 4 is 11.7 Å². The molecule has 1 aromatic rings. The fourth-order valence-electron chi connectivity index (χ4n) is 3.74. The highest BCUT2D eigenvalue weighted by molar-refractivity contribution is 6.00. The van der Waals surface area contributed by atoms with Gasteiger partial charge in [-0.25, -0.2) is 4.98 Å². The van der Waals surface area contributed by atoms with Gasteiger partial charge in [-0.05, 0) is 49.1 Å². The lowest BCUT2D eigenvalue weighted by atomic mass is 9.91. The van der Waals surface area contributed by atoms with Gasteiger partial charge in [-0.3, -0.25) is 5.41 Å². The normalized spacial score (nSPS) is 25.6. The minimum Gasteiger partial charge on any atom is -0.384 e. The highest BCUT2D eigenvalue weighted by atomic mass is 15.2. The third-order valence-corrected chi connectivity index (χ3v) is 4.49. The smallest absolute Gasteiger partial charge is 0.139 e. The first-order chi connectivity index (χ1) is 9.54. The van der Waals surface area contributed by atoms with E-state index in [1.54, 1.807) is 0 Å². The van der Waals surface area contributed by atoms with Gasteiger partial charge in [0, 0.05) is 18.8 Å². The number of anilines is 1. The molecule has 1 aliphatic heterocycles. The minimum atomic E-state index is 0.146. The van der Waals surface area contributed by atoms with Crippen molar-refractivity contribution in [2.75, 3.05) is 18.0 Å². The molecule has 1 saturated heterocycles. The van der Waals surface area contributed by atoms with E-state index in [4.69, 9.17) is 16.1 Å². The third kappa shape index (κ3) is 2.39. The Balaban J connectivity index is 2.01. The van der Waals surface area contributed by atoms with E-state index < -0.39 is 0 Å². The number of nitrogens with one attached hydrogen (secondary N) is 1. The molecule has 3 N–H and O–H groups in total. The van der Waals surface area contributed by atoms with Crippen molar-refractivity contribution in [2.24, 2.45) is 17.6 Å². The van der Waals surface area contributed by atoms with Crippen LogP contribution in [0.4, 0.5) is 5.82 Å². The fourth-order valence-corrected chi connectivity index (χ4v) is 3.74. The van der Waals surface area contributed by atoms with Gasteiger partial charge in [-0.1, -0.05) is 13.8 Å². The molecule has 0 bridgehead atoms. The first kappa shape index (κ1) is 13.4. The summed E-state index contributed by atoms with van der Waals surface area (Å²) in [5, 5.41) is 7.87. The van der Waals surface area contributed by atoms with Crippen molar-refractivity contribution in [3.05, 3.63) is 22.9 Å². The number of piperidine rings is 1. The summed E-state index contributed by atoms with van der Waals surface area (Å²) in [5.41, 5.74) is 9.13. The van der Waals surface area contributed by atoms with Crippen molar-refractivity contribution in [1.29, 1.82) is 5.41 Å². The molecule has 1 aliphatic carbocycles. The number of nitrogens with two attached hydrogens (primary N) is 1. The summed E-state index contributed by atoms with van der Waals surface area (Å²) < 4.78 is 0. The van der Waals surface area contributed by atoms with Crippen LogP contribution in [-0.2, 0) is 12.8 Å². The average molecular weight is 272 g/mol. The molecular weight excluding hydrogens is 248 g/mol. The number of aromatic nitrogens is 1. The van der Waals surface area contributed by atoms with Gasteiger partial charge >= 0.3 is 0 Å². The maximum Gasteiger partial charge on any atom is 0.139 e. The monoisotopic (exact) mass is 272 g/mol. The number of aryl methyl sites for hydroxylation is 2. The van der Waals surface area contributed by atoms with Crippen molar-refractivity contribution in [2.45, 2.75) is 39.5 Å². The number of nitrogen functional groups attached to an aromatic ring is 1. The molecule has 0 amide bonds. The molecule has 2 unspecified atom stereocenters. The molecule has 2 aliphatic rings. The zero-order valence-electron chi connectivity index (χ0n) is 12.4. The molecule has 3 rings (SSSR count). The summed E-state index contributed by atoms with van der Waals surface area (Å²) in [6, 6.07) is 2.11. The van der Waals surface area contributed by atoms with E-state index in [-0.39, 0.29) is 5.84 Å². The Labute approximate surface area is 120 Å². The summed E-state index contributed by atoms with van der Waals surface area (Å²) in [4.78, 5) is 7.21. The summed E-state index contributed by atoms with van der Waals surface area (Å²) in [6.07, 6.45) is 4.60. The molecular formula is C16H24N4. The zero-order valence-corrected chi connectivity index (χ0v) is 12.4. The van der Waals surface area contributed by atoms with E-state index in [1.807, 2.05) is 0 Å². The van der Waals surface area contributed by atoms with Gasteiger partial charge in [0.25, 0.3) is 0 Å². The van der Waals surface area contributed by atoms with Crippen LogP contribution in [0.25, 0.3) is 0 Å². The number of nitrogens with zero attached hydrogens (tertiary/aromatic N) is 2. The summed E-state index contributed by atoms with van der Waals surface area (Å²) in [5.74, 6) is 2.44. The Kier molecular flexibility index (Phi) is 3.40. The van der Waals surface area contributed by atoms with Gasteiger partial charge in [0.2, 0.25) is 0 Å². The number of rotatable bonds is 2. The second kappa shape index (κ2) is 5.08. The van der Waals surface area contributed by atoms with Crippen molar-refractivity contribution in [3.8, 4) is 0 Å². The Morgan fingerprint density at radius 2 is 2.00 bits per heavy atom. The largest absolute Gasteiger partial charge is 0.384 e. The van der Waals surface area contributed by atoms with Gasteiger partial charge in [-0.15, -0.1) is 0 Å². The predicted molar refractivity (Wildman–Crippen MR) is 82.4 cm³/mol. The van der Waals surface area contributed by atoms with Crippen LogP contribution in [0, 0.1) is 17.2 Å². The fraction of sp³-hybridized carbons (Fsp3) is 0.625. The number of hydrogen-bond donors (Lipinski definition) is 2. The maximum absolute atomic E-state index is 7.87. The molecule has 0 radical (unpaired) electrons. The Morgan fingerprint density at radius 3 is 2.65 bits per heavy atom. The molecule has 4 heteroatoms. The van der Waals surface area contributed by atoms with Crippen LogP contribution in [-0.4, -0.2) is 23.9 Å². The molecule has 1 aromatic heterocycles. The Morgan fingerprint density at radius 1 is 1.30 bits per heavy atom. The van der Waals surface area contributed by atoms with Crippen LogP contribution in [0.5, 0.6) is 0 Å². The molecule has 0 saturated carbocycles. The van der Waals surface area contributed by atoms with Gasteiger partial charge in [-0.2, -0.15) is 0 Å². The van der Waals surface area contributed by atoms with Crippen LogP contribution in [0.2, 0.25) is 0 Å². The lowest BCUT2D eigenvalue weighted by molar-refractivity contribution is 0.355. The SMILES string of the molecule is CC1CC(C)CN(c2nc3c(cc2C(=N)N)CCC3)C1. The number of hydrogen-bond acceptors (Lipinski definition) is 3. The van der Waals surface area contributed by atoms with E-state index in [0.29, 0.717) is 11.8 Å². The number of amidine groups is 1. The van der Waals surface area contributed by atoms with Crippen molar-refractivity contribution in [3.63, 3.8) is 0 Å². The summed E-state index contributed by atoms with van der Waals surface area (Å²) >= 11 is 0. The van der Waals surface area contributed by atoms with Crippen LogP contribution in [0.3, 0.4) is 0 Å². The molecule has 108 valence electrons. The standard InChI is InChI=1S/C16H24N4/c1-10-6-11(2)9-20(8-10)16-13(15(17)18)7-12-4-3-5-14(12)19-16/h7,10-11H,3-6,8-9H2,1-2H3,(H3,17,18). The van der Waals surface area contributed by atoms with Crippen LogP contribution >= 0.6 is 0 Å². The van der Waals surface area contributed by atoms with E-state index in [0.717, 1.165) is 37.3 Å². The van der Waals surface area contributed by atoms with Crippen molar-refractivity contribution in [1.82, 2.24) is 4.98 Å². The van der Waals surface area contributed by atoms with Crippen LogP contribution in [0.1, 0.15) is 43.5 Å². The highest BCUT2D eigenvalue weighted by Gasteiger charge is 2.27. The quantitative estimate of drug-likeness (QED) is 0.641. The average Bonchev–Trinajstić information content (AvgIpc) is 2.83. The van der Waals surface area contributed by atoms with E-state index in [2.05, 4.69) is 24.8 Å². The van der Waals surface area contributed by atoms with E-state index in [9.17, 15) is 0 Å². The molecule has 0 aromatic carbocycles. The zero-order chi connectivity index (χ0) is 14.3. The molecule has 1 fully saturated rings. The van der Waals surface area contributed by atoms with E-state index in [1.165, 1.54) is 24.1 Å². The third-order valence-electron chi connectivity index (χ3n) is 4.49. The van der Waals surface area contributed by atoms with Gasteiger partial charge in [0.05, 0.1) is 5.56 Å². The Bertz CT molecular complexity index is 528. The second-order valence-electron chi connectivity index (χ2n) is 6.58. The molecule has 0 spiro atoms. The number of pyridine rings is 1. The number of fused-ring (bicyclic) bond motifs is 1. The van der Waals surface area contributed by atoms with Gasteiger partial charge in [0.1, 0.15) is 11.7 Å². The maximum atomic E-state index is 7.87. The minimum absolute atomic E-state index is 0.146. The first-order valence-corrected chi connectivity index (χ1v) is 7.66. The predicted octanol–water partition coefficient (Wildman–Crippen LogP) is 2.34. The van der Waals surface area contributed by atoms with Crippen molar-refractivity contribution < 1.29 is 0 Å². The van der Waals surface area contributed by atoms with Gasteiger partial charge in [0.15, 0.2) is 0 Å². The topological polar surface area (TPSA) is 66.0 Å². The highest BCUT2D eigenvalue weighted by Crippen LogP contribution is 2.31. The second-order valence-corrected chi connectivity index (χ2v) is 6.58. The molecule has 20 heavy (non-hydrogen) atoms. The lowest BCUT2D eigenvalue weighted by Crippen LogP contribution is -2.40.